The lowest BCUT2D eigenvalue weighted by Gasteiger charge is -2.28. The summed E-state index contributed by atoms with van der Waals surface area (Å²) in [7, 11) is 0. The number of hydrogen-bond donors (Lipinski definition) is 2. The lowest BCUT2D eigenvalue weighted by molar-refractivity contribution is -0.122. The van der Waals surface area contributed by atoms with E-state index in [-0.39, 0.29) is 17.7 Å². The van der Waals surface area contributed by atoms with Gasteiger partial charge in [-0.05, 0) is 56.7 Å². The van der Waals surface area contributed by atoms with Crippen molar-refractivity contribution in [1.29, 1.82) is 0 Å². The largest absolute Gasteiger partial charge is 0.506 e. The van der Waals surface area contributed by atoms with Crippen LogP contribution in [0.3, 0.4) is 0 Å². The summed E-state index contributed by atoms with van der Waals surface area (Å²) in [6.07, 6.45) is 6.88. The van der Waals surface area contributed by atoms with Gasteiger partial charge in [-0.2, -0.15) is 0 Å². The molecule has 1 aliphatic rings. The van der Waals surface area contributed by atoms with E-state index >= 15 is 0 Å². The van der Waals surface area contributed by atoms with E-state index in [1.54, 1.807) is 6.07 Å². The third-order valence-electron chi connectivity index (χ3n) is 5.04. The van der Waals surface area contributed by atoms with Crippen molar-refractivity contribution in [2.75, 3.05) is 0 Å². The maximum absolute atomic E-state index is 12.2. The first kappa shape index (κ1) is 17.5. The van der Waals surface area contributed by atoms with E-state index in [4.69, 9.17) is 0 Å². The molecule has 4 nitrogen and oxygen atoms in total. The van der Waals surface area contributed by atoms with E-state index in [9.17, 15) is 9.90 Å². The molecule has 0 aliphatic heterocycles. The molecule has 1 aromatic carbocycles. The minimum Gasteiger partial charge on any atom is -0.506 e. The summed E-state index contributed by atoms with van der Waals surface area (Å²) in [6, 6.07) is 12.2. The number of hydrogen-bond acceptors (Lipinski definition) is 3. The molecule has 3 rings (SSSR count). The molecular weight excluding hydrogens is 312 g/mol. The van der Waals surface area contributed by atoms with Crippen LogP contribution in [0.4, 0.5) is 0 Å². The van der Waals surface area contributed by atoms with Crippen molar-refractivity contribution in [2.24, 2.45) is 0 Å². The molecule has 1 aliphatic carbocycles. The van der Waals surface area contributed by atoms with Crippen molar-refractivity contribution < 1.29 is 9.90 Å². The van der Waals surface area contributed by atoms with Gasteiger partial charge in [0.15, 0.2) is 0 Å². The minimum absolute atomic E-state index is 0.145. The monoisotopic (exact) mass is 338 g/mol. The summed E-state index contributed by atoms with van der Waals surface area (Å²) in [5, 5.41) is 12.5. The number of aryl methyl sites for hydroxylation is 2. The van der Waals surface area contributed by atoms with Gasteiger partial charge in [0.1, 0.15) is 5.75 Å². The van der Waals surface area contributed by atoms with Gasteiger partial charge in [-0.15, -0.1) is 0 Å². The zero-order valence-corrected chi connectivity index (χ0v) is 14.7. The molecule has 1 heterocycles. The number of nitrogens with one attached hydrogen (secondary N) is 1. The van der Waals surface area contributed by atoms with Crippen molar-refractivity contribution in [3.63, 3.8) is 0 Å². The van der Waals surface area contributed by atoms with Crippen molar-refractivity contribution in [3.8, 4) is 5.75 Å². The van der Waals surface area contributed by atoms with Gasteiger partial charge in [-0.25, -0.2) is 0 Å². The van der Waals surface area contributed by atoms with E-state index in [1.807, 2.05) is 6.07 Å². The number of aromatic nitrogens is 1. The molecule has 1 amide bonds. The molecule has 0 radical (unpaired) electrons. The average molecular weight is 338 g/mol. The Morgan fingerprint density at radius 3 is 2.48 bits per heavy atom. The van der Waals surface area contributed by atoms with Gasteiger partial charge in [-0.1, -0.05) is 29.8 Å². The molecule has 2 aromatic rings. The Morgan fingerprint density at radius 2 is 1.84 bits per heavy atom. The maximum Gasteiger partial charge on any atom is 0.220 e. The minimum atomic E-state index is 0.145. The van der Waals surface area contributed by atoms with Crippen LogP contribution < -0.4 is 5.32 Å². The Bertz CT molecular complexity index is 687. The zero-order valence-electron chi connectivity index (χ0n) is 14.7. The quantitative estimate of drug-likeness (QED) is 0.870. The molecule has 2 N–H and O–H groups in total. The molecule has 1 aromatic heterocycles. The van der Waals surface area contributed by atoms with E-state index in [1.165, 1.54) is 17.3 Å². The van der Waals surface area contributed by atoms with E-state index in [0.29, 0.717) is 12.3 Å². The van der Waals surface area contributed by atoms with Gasteiger partial charge in [-0.3, -0.25) is 9.78 Å². The summed E-state index contributed by atoms with van der Waals surface area (Å²) in [4.78, 5) is 16.5. The summed E-state index contributed by atoms with van der Waals surface area (Å²) in [5.74, 6) is 0.784. The summed E-state index contributed by atoms with van der Waals surface area (Å²) in [5.41, 5.74) is 3.50. The first-order valence-corrected chi connectivity index (χ1v) is 9.10. The van der Waals surface area contributed by atoms with Crippen LogP contribution in [-0.4, -0.2) is 22.0 Å². The Balaban J connectivity index is 1.41. The molecule has 1 fully saturated rings. The second-order valence-corrected chi connectivity index (χ2v) is 7.04. The summed E-state index contributed by atoms with van der Waals surface area (Å²) in [6.45, 7) is 2.07. The van der Waals surface area contributed by atoms with Crippen LogP contribution in [0, 0.1) is 6.92 Å². The third-order valence-corrected chi connectivity index (χ3v) is 5.04. The number of benzene rings is 1. The smallest absolute Gasteiger partial charge is 0.220 e. The van der Waals surface area contributed by atoms with Gasteiger partial charge < -0.3 is 10.4 Å². The topological polar surface area (TPSA) is 62.2 Å². The van der Waals surface area contributed by atoms with Crippen LogP contribution in [0.2, 0.25) is 0 Å². The number of nitrogens with zero attached hydrogens (tertiary/aromatic N) is 1. The number of pyridine rings is 1. The normalized spacial score (nSPS) is 20.2. The molecular formula is C21H26N2O2. The van der Waals surface area contributed by atoms with E-state index < -0.39 is 0 Å². The highest BCUT2D eigenvalue weighted by atomic mass is 16.3. The van der Waals surface area contributed by atoms with Crippen molar-refractivity contribution in [2.45, 2.75) is 57.4 Å². The standard InChI is InChI=1S/C21H26N2O2/c1-15-2-4-16(5-3-15)6-13-21(25)23-18-9-7-17(8-10-18)20-12-11-19(24)14-22-20/h2-5,11-12,14,17-18,24H,6-10,13H2,1H3,(H,23,25)/t17-,18-. The van der Waals surface area contributed by atoms with Gasteiger partial charge in [0.2, 0.25) is 5.91 Å². The van der Waals surface area contributed by atoms with Gasteiger partial charge in [0, 0.05) is 24.1 Å². The lowest BCUT2D eigenvalue weighted by Crippen LogP contribution is -2.37. The number of aromatic hydroxyl groups is 1. The molecule has 0 saturated heterocycles. The molecule has 132 valence electrons. The SMILES string of the molecule is Cc1ccc(CCC(=O)N[C@H]2CC[C@H](c3ccc(O)cn3)CC2)cc1. The van der Waals surface area contributed by atoms with Crippen LogP contribution in [0.5, 0.6) is 5.75 Å². The summed E-state index contributed by atoms with van der Waals surface area (Å²) < 4.78 is 0. The first-order valence-electron chi connectivity index (χ1n) is 9.10. The van der Waals surface area contributed by atoms with Crippen LogP contribution in [0.25, 0.3) is 0 Å². The number of rotatable bonds is 5. The van der Waals surface area contributed by atoms with E-state index in [2.05, 4.69) is 41.5 Å². The van der Waals surface area contributed by atoms with Gasteiger partial charge in [0.25, 0.3) is 0 Å². The van der Waals surface area contributed by atoms with Gasteiger partial charge >= 0.3 is 0 Å². The fraction of sp³-hybridized carbons (Fsp3) is 0.429. The average Bonchev–Trinajstić information content (AvgIpc) is 2.63. The highest BCUT2D eigenvalue weighted by molar-refractivity contribution is 5.76. The molecule has 1 saturated carbocycles. The first-order chi connectivity index (χ1) is 12.1. The molecule has 4 heteroatoms. The van der Waals surface area contributed by atoms with Crippen molar-refractivity contribution >= 4 is 5.91 Å². The second kappa shape index (κ2) is 8.15. The fourth-order valence-corrected chi connectivity index (χ4v) is 3.48. The number of amides is 1. The highest BCUT2D eigenvalue weighted by Crippen LogP contribution is 2.32. The van der Waals surface area contributed by atoms with Crippen LogP contribution in [0.15, 0.2) is 42.6 Å². The van der Waals surface area contributed by atoms with E-state index in [0.717, 1.165) is 37.8 Å². The second-order valence-electron chi connectivity index (χ2n) is 7.04. The molecule has 0 unspecified atom stereocenters. The molecule has 0 bridgehead atoms. The maximum atomic E-state index is 12.2. The lowest BCUT2D eigenvalue weighted by atomic mass is 9.84. The van der Waals surface area contributed by atoms with Crippen molar-refractivity contribution in [1.82, 2.24) is 10.3 Å². The predicted octanol–water partition coefficient (Wildman–Crippen LogP) is 3.87. The number of carbonyl (C=O) groups is 1. The Kier molecular flexibility index (Phi) is 5.69. The van der Waals surface area contributed by atoms with Crippen LogP contribution in [0.1, 0.15) is 54.8 Å². The van der Waals surface area contributed by atoms with Crippen molar-refractivity contribution in [3.05, 3.63) is 59.4 Å². The Labute approximate surface area is 149 Å². The van der Waals surface area contributed by atoms with Gasteiger partial charge in [0.05, 0.1) is 6.20 Å². The Morgan fingerprint density at radius 1 is 1.12 bits per heavy atom. The van der Waals surface area contributed by atoms with Crippen LogP contribution in [-0.2, 0) is 11.2 Å². The number of carbonyl (C=O) groups excluding carboxylic acids is 1. The zero-order chi connectivity index (χ0) is 17.6. The predicted molar refractivity (Wildman–Crippen MR) is 98.5 cm³/mol. The fourth-order valence-electron chi connectivity index (χ4n) is 3.48. The molecule has 0 spiro atoms. The summed E-state index contributed by atoms with van der Waals surface area (Å²) >= 11 is 0. The molecule has 0 atom stereocenters. The highest BCUT2D eigenvalue weighted by Gasteiger charge is 2.24. The third kappa shape index (κ3) is 5.05. The van der Waals surface area contributed by atoms with Crippen LogP contribution >= 0.6 is 0 Å². The Hall–Kier alpha value is -2.36. The molecule has 25 heavy (non-hydrogen) atoms.